The maximum Gasteiger partial charge on any atom is 0.310 e. The number of carboxylic acids is 1. The second-order valence-corrected chi connectivity index (χ2v) is 5.52. The molecule has 0 amide bonds. The van der Waals surface area contributed by atoms with Crippen LogP contribution in [0.2, 0.25) is 0 Å². The number of carbonyl (C=O) groups is 1. The lowest BCUT2D eigenvalue weighted by Crippen LogP contribution is -2.31. The first-order chi connectivity index (χ1) is 8.68. The van der Waals surface area contributed by atoms with E-state index in [1.54, 1.807) is 0 Å². The third-order valence-corrected chi connectivity index (χ3v) is 4.14. The van der Waals surface area contributed by atoms with Crippen molar-refractivity contribution in [2.24, 2.45) is 5.41 Å². The lowest BCUT2D eigenvalue weighted by molar-refractivity contribution is -0.149. The van der Waals surface area contributed by atoms with E-state index in [-0.39, 0.29) is 0 Å². The van der Waals surface area contributed by atoms with E-state index in [4.69, 9.17) is 0 Å². The third-order valence-electron chi connectivity index (χ3n) is 4.14. The Balaban J connectivity index is 2.05. The number of hydrogen-bond donors (Lipinski definition) is 1. The molecule has 98 valence electrons. The van der Waals surface area contributed by atoms with Gasteiger partial charge in [-0.15, -0.1) is 0 Å². The van der Waals surface area contributed by atoms with E-state index < -0.39 is 11.4 Å². The fourth-order valence-corrected chi connectivity index (χ4v) is 3.02. The summed E-state index contributed by atoms with van der Waals surface area (Å²) in [6.07, 6.45) is 6.84. The van der Waals surface area contributed by atoms with Gasteiger partial charge in [-0.3, -0.25) is 4.79 Å². The summed E-state index contributed by atoms with van der Waals surface area (Å²) in [4.78, 5) is 11.7. The highest BCUT2D eigenvalue weighted by atomic mass is 16.4. The fraction of sp³-hybridized carbons (Fsp3) is 0.562. The maximum atomic E-state index is 11.7. The van der Waals surface area contributed by atoms with E-state index in [1.165, 1.54) is 24.0 Å². The zero-order chi connectivity index (χ0) is 13.0. The predicted octanol–water partition coefficient (Wildman–Crippen LogP) is 3.83. The van der Waals surface area contributed by atoms with Crippen molar-refractivity contribution in [2.45, 2.75) is 51.9 Å². The second kappa shape index (κ2) is 5.55. The SMILES string of the molecule is CCCCCCC1(C(=O)O)Cc2ccccc2C1. The molecule has 0 aliphatic heterocycles. The van der Waals surface area contributed by atoms with Crippen LogP contribution in [0.4, 0.5) is 0 Å². The maximum absolute atomic E-state index is 11.7. The van der Waals surface area contributed by atoms with Crippen LogP contribution in [0.25, 0.3) is 0 Å². The van der Waals surface area contributed by atoms with Crippen molar-refractivity contribution in [1.29, 1.82) is 0 Å². The second-order valence-electron chi connectivity index (χ2n) is 5.52. The minimum atomic E-state index is -0.616. The molecule has 0 spiro atoms. The quantitative estimate of drug-likeness (QED) is 0.775. The Bertz CT molecular complexity index is 398. The third kappa shape index (κ3) is 2.58. The zero-order valence-corrected chi connectivity index (χ0v) is 11.1. The molecule has 1 N–H and O–H groups in total. The standard InChI is InChI=1S/C16H22O2/c1-2-3-4-7-10-16(15(17)18)11-13-8-5-6-9-14(13)12-16/h5-6,8-9H,2-4,7,10-12H2,1H3,(H,17,18). The zero-order valence-electron chi connectivity index (χ0n) is 11.1. The van der Waals surface area contributed by atoms with Crippen molar-refractivity contribution < 1.29 is 9.90 Å². The van der Waals surface area contributed by atoms with Crippen LogP contribution in [0.3, 0.4) is 0 Å². The van der Waals surface area contributed by atoms with E-state index in [1.807, 2.05) is 12.1 Å². The van der Waals surface area contributed by atoms with Gasteiger partial charge < -0.3 is 5.11 Å². The van der Waals surface area contributed by atoms with E-state index in [0.29, 0.717) is 12.8 Å². The summed E-state index contributed by atoms with van der Waals surface area (Å²) in [7, 11) is 0. The van der Waals surface area contributed by atoms with Crippen LogP contribution in [0, 0.1) is 5.41 Å². The van der Waals surface area contributed by atoms with Gasteiger partial charge in [-0.05, 0) is 30.4 Å². The van der Waals surface area contributed by atoms with Gasteiger partial charge in [-0.25, -0.2) is 0 Å². The van der Waals surface area contributed by atoms with Crippen molar-refractivity contribution >= 4 is 5.97 Å². The van der Waals surface area contributed by atoms with E-state index in [9.17, 15) is 9.90 Å². The molecule has 0 heterocycles. The first kappa shape index (κ1) is 13.1. The Hall–Kier alpha value is -1.31. The molecule has 1 aliphatic rings. The molecule has 1 aliphatic carbocycles. The van der Waals surface area contributed by atoms with Crippen molar-refractivity contribution in [3.63, 3.8) is 0 Å². The molecule has 0 unspecified atom stereocenters. The monoisotopic (exact) mass is 246 g/mol. The van der Waals surface area contributed by atoms with Crippen molar-refractivity contribution in [3.8, 4) is 0 Å². The number of carboxylic acid groups (broad SMARTS) is 1. The number of hydrogen-bond acceptors (Lipinski definition) is 1. The minimum absolute atomic E-state index is 0.530. The first-order valence-corrected chi connectivity index (χ1v) is 6.98. The van der Waals surface area contributed by atoms with Crippen LogP contribution in [0.15, 0.2) is 24.3 Å². The number of rotatable bonds is 6. The van der Waals surface area contributed by atoms with Gasteiger partial charge in [-0.1, -0.05) is 56.9 Å². The van der Waals surface area contributed by atoms with Crippen LogP contribution in [-0.4, -0.2) is 11.1 Å². The summed E-state index contributed by atoms with van der Waals surface area (Å²) in [5.74, 6) is -0.616. The predicted molar refractivity (Wildman–Crippen MR) is 72.7 cm³/mol. The van der Waals surface area contributed by atoms with Crippen molar-refractivity contribution in [3.05, 3.63) is 35.4 Å². The highest BCUT2D eigenvalue weighted by Gasteiger charge is 2.43. The van der Waals surface area contributed by atoms with Gasteiger partial charge in [0.05, 0.1) is 5.41 Å². The summed E-state index contributed by atoms with van der Waals surface area (Å²) in [6, 6.07) is 8.17. The number of fused-ring (bicyclic) bond motifs is 1. The van der Waals surface area contributed by atoms with Gasteiger partial charge in [0.2, 0.25) is 0 Å². The Morgan fingerprint density at radius 1 is 1.17 bits per heavy atom. The summed E-state index contributed by atoms with van der Waals surface area (Å²) < 4.78 is 0. The van der Waals surface area contributed by atoms with Gasteiger partial charge in [0.25, 0.3) is 0 Å². The number of aliphatic carboxylic acids is 1. The Labute approximate surface area is 109 Å². The molecule has 0 aromatic heterocycles. The van der Waals surface area contributed by atoms with Crippen LogP contribution in [-0.2, 0) is 17.6 Å². The molecule has 0 saturated heterocycles. The lowest BCUT2D eigenvalue weighted by atomic mass is 9.79. The molecule has 1 aromatic rings. The molecule has 2 heteroatoms. The van der Waals surface area contributed by atoms with E-state index in [2.05, 4.69) is 19.1 Å². The molecule has 2 rings (SSSR count). The molecule has 0 saturated carbocycles. The highest BCUT2D eigenvalue weighted by Crippen LogP contribution is 2.41. The minimum Gasteiger partial charge on any atom is -0.481 e. The number of unbranched alkanes of at least 4 members (excludes halogenated alkanes) is 3. The molecule has 0 fully saturated rings. The summed E-state index contributed by atoms with van der Waals surface area (Å²) in [5, 5.41) is 9.59. The molecule has 0 bridgehead atoms. The Kier molecular flexibility index (Phi) is 4.05. The van der Waals surface area contributed by atoms with Crippen LogP contribution in [0.5, 0.6) is 0 Å². The van der Waals surface area contributed by atoms with Crippen molar-refractivity contribution in [2.75, 3.05) is 0 Å². The molecule has 18 heavy (non-hydrogen) atoms. The number of benzene rings is 1. The van der Waals surface area contributed by atoms with Crippen LogP contribution >= 0.6 is 0 Å². The van der Waals surface area contributed by atoms with Gasteiger partial charge in [0, 0.05) is 0 Å². The lowest BCUT2D eigenvalue weighted by Gasteiger charge is -2.23. The summed E-state index contributed by atoms with van der Waals surface area (Å²) in [6.45, 7) is 2.18. The average Bonchev–Trinajstić information content (AvgIpc) is 2.74. The van der Waals surface area contributed by atoms with Crippen LogP contribution in [0.1, 0.15) is 50.2 Å². The average molecular weight is 246 g/mol. The van der Waals surface area contributed by atoms with Crippen molar-refractivity contribution in [1.82, 2.24) is 0 Å². The van der Waals surface area contributed by atoms with E-state index in [0.717, 1.165) is 19.3 Å². The Morgan fingerprint density at radius 3 is 2.28 bits per heavy atom. The normalized spacial score (nSPS) is 16.5. The topological polar surface area (TPSA) is 37.3 Å². The summed E-state index contributed by atoms with van der Waals surface area (Å²) in [5.41, 5.74) is 1.93. The molecular formula is C16H22O2. The largest absolute Gasteiger partial charge is 0.481 e. The Morgan fingerprint density at radius 2 is 1.78 bits per heavy atom. The van der Waals surface area contributed by atoms with Gasteiger partial charge in [0.15, 0.2) is 0 Å². The fourth-order valence-electron chi connectivity index (χ4n) is 3.02. The van der Waals surface area contributed by atoms with Gasteiger partial charge in [-0.2, -0.15) is 0 Å². The molecule has 0 atom stereocenters. The highest BCUT2D eigenvalue weighted by molar-refractivity contribution is 5.77. The van der Waals surface area contributed by atoms with E-state index >= 15 is 0 Å². The smallest absolute Gasteiger partial charge is 0.310 e. The molecule has 0 radical (unpaired) electrons. The summed E-state index contributed by atoms with van der Waals surface area (Å²) >= 11 is 0. The molecular weight excluding hydrogens is 224 g/mol. The van der Waals surface area contributed by atoms with Gasteiger partial charge >= 0.3 is 5.97 Å². The molecule has 2 nitrogen and oxygen atoms in total. The molecule has 1 aromatic carbocycles. The van der Waals surface area contributed by atoms with Gasteiger partial charge in [0.1, 0.15) is 0 Å². The van der Waals surface area contributed by atoms with Crippen LogP contribution < -0.4 is 0 Å². The first-order valence-electron chi connectivity index (χ1n) is 6.98.